The van der Waals surface area contributed by atoms with Gasteiger partial charge < -0.3 is 4.74 Å². The SMILES string of the molecule is CCC(COC)C(C)CC1CCC1C. The minimum absolute atomic E-state index is 0.771. The Kier molecular flexibility index (Phi) is 4.94. The lowest BCUT2D eigenvalue weighted by molar-refractivity contribution is 0.0881. The molecule has 4 atom stereocenters. The van der Waals surface area contributed by atoms with E-state index in [0.717, 1.165) is 30.3 Å². The van der Waals surface area contributed by atoms with Gasteiger partial charge in [0.2, 0.25) is 0 Å². The van der Waals surface area contributed by atoms with Crippen LogP contribution in [-0.4, -0.2) is 13.7 Å². The maximum atomic E-state index is 5.28. The van der Waals surface area contributed by atoms with E-state index in [9.17, 15) is 0 Å². The third kappa shape index (κ3) is 2.98. The number of methoxy groups -OCH3 is 1. The molecule has 1 aliphatic rings. The second-order valence-corrected chi connectivity index (χ2v) is 5.15. The Hall–Kier alpha value is -0.0400. The quantitative estimate of drug-likeness (QED) is 0.632. The summed E-state index contributed by atoms with van der Waals surface area (Å²) in [5.74, 6) is 3.61. The molecule has 1 fully saturated rings. The monoisotopic (exact) mass is 198 g/mol. The predicted molar refractivity (Wildman–Crippen MR) is 61.3 cm³/mol. The van der Waals surface area contributed by atoms with Crippen LogP contribution in [0, 0.1) is 23.7 Å². The molecule has 0 N–H and O–H groups in total. The van der Waals surface area contributed by atoms with Crippen molar-refractivity contribution in [2.75, 3.05) is 13.7 Å². The lowest BCUT2D eigenvalue weighted by atomic mass is 9.69. The van der Waals surface area contributed by atoms with Crippen LogP contribution in [0.2, 0.25) is 0 Å². The molecule has 1 aliphatic carbocycles. The van der Waals surface area contributed by atoms with Crippen molar-refractivity contribution >= 4 is 0 Å². The van der Waals surface area contributed by atoms with Gasteiger partial charge in [0.25, 0.3) is 0 Å². The fourth-order valence-corrected chi connectivity index (χ4v) is 2.65. The van der Waals surface area contributed by atoms with E-state index in [1.54, 1.807) is 0 Å². The molecule has 0 amide bonds. The van der Waals surface area contributed by atoms with Gasteiger partial charge in [-0.05, 0) is 36.5 Å². The highest BCUT2D eigenvalue weighted by molar-refractivity contribution is 4.80. The molecular formula is C13H26O. The van der Waals surface area contributed by atoms with E-state index in [1.165, 1.54) is 25.7 Å². The van der Waals surface area contributed by atoms with Gasteiger partial charge in [0, 0.05) is 13.7 Å². The third-order valence-electron chi connectivity index (χ3n) is 4.18. The Labute approximate surface area is 89.2 Å². The molecular weight excluding hydrogens is 172 g/mol. The van der Waals surface area contributed by atoms with Gasteiger partial charge in [-0.15, -0.1) is 0 Å². The normalized spacial score (nSPS) is 30.9. The van der Waals surface area contributed by atoms with Crippen LogP contribution in [0.1, 0.15) is 46.5 Å². The van der Waals surface area contributed by atoms with Gasteiger partial charge in [-0.25, -0.2) is 0 Å². The molecule has 0 radical (unpaired) electrons. The summed E-state index contributed by atoms with van der Waals surface area (Å²) in [5.41, 5.74) is 0. The van der Waals surface area contributed by atoms with E-state index in [0.29, 0.717) is 0 Å². The van der Waals surface area contributed by atoms with Crippen LogP contribution in [-0.2, 0) is 4.74 Å². The average molecular weight is 198 g/mol. The molecule has 1 rings (SSSR count). The Morgan fingerprint density at radius 2 is 2.07 bits per heavy atom. The van der Waals surface area contributed by atoms with Gasteiger partial charge in [-0.2, -0.15) is 0 Å². The van der Waals surface area contributed by atoms with Crippen LogP contribution in [0.4, 0.5) is 0 Å². The summed E-state index contributed by atoms with van der Waals surface area (Å²) in [6.45, 7) is 8.03. The number of ether oxygens (including phenoxy) is 1. The minimum Gasteiger partial charge on any atom is -0.384 e. The summed E-state index contributed by atoms with van der Waals surface area (Å²) in [6.07, 6.45) is 5.60. The summed E-state index contributed by atoms with van der Waals surface area (Å²) < 4.78 is 5.28. The molecule has 0 aromatic carbocycles. The zero-order valence-electron chi connectivity index (χ0n) is 10.3. The Morgan fingerprint density at radius 3 is 2.43 bits per heavy atom. The molecule has 1 heteroatoms. The highest BCUT2D eigenvalue weighted by Crippen LogP contribution is 2.39. The maximum Gasteiger partial charge on any atom is 0.0492 e. The van der Waals surface area contributed by atoms with E-state index >= 15 is 0 Å². The Balaban J connectivity index is 2.27. The van der Waals surface area contributed by atoms with E-state index in [4.69, 9.17) is 4.74 Å². The first-order chi connectivity index (χ1) is 6.69. The van der Waals surface area contributed by atoms with Gasteiger partial charge in [0.1, 0.15) is 0 Å². The first kappa shape index (κ1) is 12.0. The summed E-state index contributed by atoms with van der Waals surface area (Å²) in [6, 6.07) is 0. The molecule has 0 aliphatic heterocycles. The van der Waals surface area contributed by atoms with Crippen LogP contribution in [0.5, 0.6) is 0 Å². The van der Waals surface area contributed by atoms with Crippen LogP contribution in [0.3, 0.4) is 0 Å². The van der Waals surface area contributed by atoms with E-state index < -0.39 is 0 Å². The van der Waals surface area contributed by atoms with Crippen LogP contribution < -0.4 is 0 Å². The highest BCUT2D eigenvalue weighted by Gasteiger charge is 2.29. The number of hydrogen-bond donors (Lipinski definition) is 0. The van der Waals surface area contributed by atoms with Crippen LogP contribution in [0.25, 0.3) is 0 Å². The third-order valence-corrected chi connectivity index (χ3v) is 4.18. The maximum absolute atomic E-state index is 5.28. The first-order valence-electron chi connectivity index (χ1n) is 6.17. The fraction of sp³-hybridized carbons (Fsp3) is 1.00. The second kappa shape index (κ2) is 5.75. The largest absolute Gasteiger partial charge is 0.384 e. The Bertz CT molecular complexity index is 155. The molecule has 0 saturated heterocycles. The van der Waals surface area contributed by atoms with Crippen molar-refractivity contribution in [2.45, 2.75) is 46.5 Å². The van der Waals surface area contributed by atoms with Gasteiger partial charge >= 0.3 is 0 Å². The summed E-state index contributed by atoms with van der Waals surface area (Å²) >= 11 is 0. The van der Waals surface area contributed by atoms with Crippen molar-refractivity contribution in [3.63, 3.8) is 0 Å². The van der Waals surface area contributed by atoms with Crippen LogP contribution in [0.15, 0.2) is 0 Å². The van der Waals surface area contributed by atoms with E-state index in [2.05, 4.69) is 20.8 Å². The molecule has 0 aromatic heterocycles. The standard InChI is InChI=1S/C13H26O/c1-5-12(9-14-4)11(3)8-13-7-6-10(13)2/h10-13H,5-9H2,1-4H3. The number of hydrogen-bond acceptors (Lipinski definition) is 1. The fourth-order valence-electron chi connectivity index (χ4n) is 2.65. The lowest BCUT2D eigenvalue weighted by Gasteiger charge is -2.37. The first-order valence-corrected chi connectivity index (χ1v) is 6.17. The number of rotatable bonds is 6. The van der Waals surface area contributed by atoms with Crippen LogP contribution >= 0.6 is 0 Å². The molecule has 1 saturated carbocycles. The molecule has 14 heavy (non-hydrogen) atoms. The average Bonchev–Trinajstić information content (AvgIpc) is 2.19. The summed E-state index contributed by atoms with van der Waals surface area (Å²) in [5, 5.41) is 0. The molecule has 4 unspecified atom stereocenters. The smallest absolute Gasteiger partial charge is 0.0492 e. The molecule has 0 bridgehead atoms. The van der Waals surface area contributed by atoms with Crippen molar-refractivity contribution in [2.24, 2.45) is 23.7 Å². The zero-order valence-corrected chi connectivity index (χ0v) is 10.3. The highest BCUT2D eigenvalue weighted by atomic mass is 16.5. The van der Waals surface area contributed by atoms with E-state index in [1.807, 2.05) is 7.11 Å². The molecule has 1 nitrogen and oxygen atoms in total. The van der Waals surface area contributed by atoms with Gasteiger partial charge in [0.05, 0.1) is 0 Å². The summed E-state index contributed by atoms with van der Waals surface area (Å²) in [7, 11) is 1.82. The van der Waals surface area contributed by atoms with Crippen molar-refractivity contribution in [1.29, 1.82) is 0 Å². The van der Waals surface area contributed by atoms with E-state index in [-0.39, 0.29) is 0 Å². The topological polar surface area (TPSA) is 9.23 Å². The van der Waals surface area contributed by atoms with Crippen molar-refractivity contribution in [1.82, 2.24) is 0 Å². The summed E-state index contributed by atoms with van der Waals surface area (Å²) in [4.78, 5) is 0. The lowest BCUT2D eigenvalue weighted by Crippen LogP contribution is -2.28. The molecule has 0 heterocycles. The van der Waals surface area contributed by atoms with Crippen molar-refractivity contribution in [3.8, 4) is 0 Å². The van der Waals surface area contributed by atoms with Gasteiger partial charge in [-0.3, -0.25) is 0 Å². The molecule has 0 aromatic rings. The zero-order chi connectivity index (χ0) is 10.6. The van der Waals surface area contributed by atoms with Gasteiger partial charge in [0.15, 0.2) is 0 Å². The minimum atomic E-state index is 0.771. The van der Waals surface area contributed by atoms with Crippen molar-refractivity contribution < 1.29 is 4.74 Å². The molecule has 0 spiro atoms. The Morgan fingerprint density at radius 1 is 1.36 bits per heavy atom. The predicted octanol–water partition coefficient (Wildman–Crippen LogP) is 3.73. The molecule has 84 valence electrons. The van der Waals surface area contributed by atoms with Crippen molar-refractivity contribution in [3.05, 3.63) is 0 Å². The van der Waals surface area contributed by atoms with Gasteiger partial charge in [-0.1, -0.05) is 33.6 Å². The second-order valence-electron chi connectivity index (χ2n) is 5.15.